The van der Waals surface area contributed by atoms with Crippen molar-refractivity contribution < 1.29 is 24.7 Å². The number of halogens is 5. The summed E-state index contributed by atoms with van der Waals surface area (Å²) in [6.07, 6.45) is 0. The number of non-ortho nitro benzene ring substituents is 1. The quantitative estimate of drug-likeness (QED) is 0.0792. The summed E-state index contributed by atoms with van der Waals surface area (Å²) in [4.78, 5) is 36.5. The van der Waals surface area contributed by atoms with Crippen molar-refractivity contribution in [3.63, 3.8) is 0 Å². The maximum atomic E-state index is 12.1. The van der Waals surface area contributed by atoms with E-state index in [-0.39, 0.29) is 44.0 Å². The van der Waals surface area contributed by atoms with Crippen LogP contribution in [0.2, 0.25) is 20.1 Å². The van der Waals surface area contributed by atoms with E-state index in [4.69, 9.17) is 58.2 Å². The number of carbonyl (C=O) groups excluding carboxylic acids is 2. The van der Waals surface area contributed by atoms with E-state index in [0.29, 0.717) is 21.4 Å². The summed E-state index contributed by atoms with van der Waals surface area (Å²) in [5.74, 6) is -1.55. The van der Waals surface area contributed by atoms with Crippen molar-refractivity contribution >= 4 is 92.7 Å². The van der Waals surface area contributed by atoms with Gasteiger partial charge in [0.15, 0.2) is 0 Å². The number of hydrogen-bond donors (Lipinski definition) is 5. The predicted molar refractivity (Wildman–Crippen MR) is 161 cm³/mol. The second kappa shape index (κ2) is 14.1. The number of hydrogen-bond acceptors (Lipinski definition) is 7. The van der Waals surface area contributed by atoms with E-state index in [1.807, 2.05) is 0 Å². The summed E-state index contributed by atoms with van der Waals surface area (Å²) in [7, 11) is 0. The second-order valence-electron chi connectivity index (χ2n) is 7.94. The van der Waals surface area contributed by atoms with Crippen LogP contribution in [0.4, 0.5) is 22.7 Å². The molecule has 0 spiro atoms. The van der Waals surface area contributed by atoms with Gasteiger partial charge < -0.3 is 20.8 Å². The maximum absolute atomic E-state index is 12.1. The molecule has 0 aromatic heterocycles. The Morgan fingerprint density at radius 3 is 1.56 bits per heavy atom. The number of nitrogens with one attached hydrogen (secondary N) is 3. The van der Waals surface area contributed by atoms with Gasteiger partial charge in [-0.15, -0.1) is 0 Å². The third-order valence-corrected chi connectivity index (χ3v) is 6.46. The van der Waals surface area contributed by atoms with E-state index in [1.54, 1.807) is 18.2 Å². The number of amides is 2. The minimum atomic E-state index is -0.634. The third kappa shape index (κ3) is 8.53. The Hall–Kier alpha value is -3.93. The lowest BCUT2D eigenvalue weighted by Gasteiger charge is -2.09. The lowest BCUT2D eigenvalue weighted by Crippen LogP contribution is -2.12. The number of rotatable bonds is 6. The molecule has 0 saturated heterocycles. The van der Waals surface area contributed by atoms with E-state index < -0.39 is 16.7 Å². The Balaban J connectivity index is 0.000000226. The van der Waals surface area contributed by atoms with E-state index in [1.165, 1.54) is 48.5 Å². The van der Waals surface area contributed by atoms with Gasteiger partial charge in [-0.25, -0.2) is 0 Å². The molecule has 4 rings (SSSR count). The number of nitro benzene ring substituents is 1. The van der Waals surface area contributed by atoms with Crippen molar-refractivity contribution in [2.24, 2.45) is 0 Å². The minimum absolute atomic E-state index is 0.0130. The Morgan fingerprint density at radius 1 is 0.683 bits per heavy atom. The molecular formula is C26H17Cl5N4O6. The van der Waals surface area contributed by atoms with Crippen LogP contribution in [0.1, 0.15) is 20.7 Å². The van der Waals surface area contributed by atoms with Gasteiger partial charge in [0.2, 0.25) is 0 Å². The standard InChI is InChI=1S/C13H9Cl3N2O2.C13H8Cl2N2O4/c14-7-1-4-12(19)9(5-7)13(20)17-11-3-2-8(18-16)6-10(11)15;14-7-1-4-12(18)9(5-7)13(19)16-11-3-2-8(17(20)21)6-10(11)15/h1-6,18-19H,(H,17,20);1-6,18H,(H,16,19). The lowest BCUT2D eigenvalue weighted by molar-refractivity contribution is -0.384. The molecule has 0 radical (unpaired) electrons. The molecule has 2 amide bonds. The molecule has 5 N–H and O–H groups in total. The monoisotopic (exact) mass is 656 g/mol. The molecule has 0 atom stereocenters. The van der Waals surface area contributed by atoms with Gasteiger partial charge >= 0.3 is 0 Å². The molecule has 0 aliphatic heterocycles. The van der Waals surface area contributed by atoms with Crippen molar-refractivity contribution in [3.8, 4) is 11.5 Å². The Bertz CT molecular complexity index is 1640. The van der Waals surface area contributed by atoms with E-state index in [9.17, 15) is 29.9 Å². The number of carbonyl (C=O) groups is 2. The summed E-state index contributed by atoms with van der Waals surface area (Å²) in [6.45, 7) is 0. The molecule has 0 unspecified atom stereocenters. The van der Waals surface area contributed by atoms with Gasteiger partial charge in [-0.3, -0.25) is 24.5 Å². The highest BCUT2D eigenvalue weighted by Crippen LogP contribution is 2.30. The fourth-order valence-electron chi connectivity index (χ4n) is 3.15. The smallest absolute Gasteiger partial charge is 0.271 e. The van der Waals surface area contributed by atoms with Crippen LogP contribution in [0.5, 0.6) is 11.5 Å². The second-order valence-corrected chi connectivity index (χ2v) is 9.82. The van der Waals surface area contributed by atoms with E-state index in [0.717, 1.165) is 6.07 Å². The van der Waals surface area contributed by atoms with Gasteiger partial charge in [0.05, 0.1) is 43.2 Å². The zero-order valence-electron chi connectivity index (χ0n) is 20.3. The normalized spacial score (nSPS) is 10.2. The number of phenols is 2. The molecule has 4 aromatic rings. The molecule has 41 heavy (non-hydrogen) atoms. The molecule has 212 valence electrons. The van der Waals surface area contributed by atoms with Crippen LogP contribution in [0, 0.1) is 10.1 Å². The summed E-state index contributed by atoms with van der Waals surface area (Å²) in [5.41, 5.74) is 1.02. The first-order valence-electron chi connectivity index (χ1n) is 11.1. The highest BCUT2D eigenvalue weighted by Gasteiger charge is 2.16. The minimum Gasteiger partial charge on any atom is -0.507 e. The average Bonchev–Trinajstić information content (AvgIpc) is 2.93. The number of aromatic hydroxyl groups is 2. The van der Waals surface area contributed by atoms with Gasteiger partial charge in [-0.2, -0.15) is 0 Å². The van der Waals surface area contributed by atoms with Crippen LogP contribution in [0.15, 0.2) is 72.8 Å². The average molecular weight is 659 g/mol. The molecule has 0 heterocycles. The molecule has 4 aromatic carbocycles. The lowest BCUT2D eigenvalue weighted by atomic mass is 10.2. The number of phenolic OH excluding ortho intramolecular Hbond substituents is 2. The number of nitrogens with zero attached hydrogens (tertiary/aromatic N) is 1. The van der Waals surface area contributed by atoms with Crippen LogP contribution in [0.25, 0.3) is 0 Å². The Kier molecular flexibility index (Phi) is 10.9. The van der Waals surface area contributed by atoms with Crippen LogP contribution in [0.3, 0.4) is 0 Å². The summed E-state index contributed by atoms with van der Waals surface area (Å²) in [6, 6.07) is 16.7. The first kappa shape index (κ1) is 31.6. The summed E-state index contributed by atoms with van der Waals surface area (Å²) in [5, 5.41) is 35.9. The van der Waals surface area contributed by atoms with Crippen molar-refractivity contribution in [1.29, 1.82) is 0 Å². The zero-order chi connectivity index (χ0) is 30.3. The zero-order valence-corrected chi connectivity index (χ0v) is 24.1. The predicted octanol–water partition coefficient (Wildman–Crippen LogP) is 8.38. The number of nitro groups is 1. The van der Waals surface area contributed by atoms with Crippen molar-refractivity contribution in [3.05, 3.63) is 114 Å². The van der Waals surface area contributed by atoms with Crippen LogP contribution >= 0.6 is 58.2 Å². The van der Waals surface area contributed by atoms with Gasteiger partial charge in [-0.05, 0) is 60.7 Å². The number of benzene rings is 4. The Labute approximate surface area is 257 Å². The van der Waals surface area contributed by atoms with Crippen molar-refractivity contribution in [2.45, 2.75) is 0 Å². The summed E-state index contributed by atoms with van der Waals surface area (Å²) >= 11 is 28.9. The molecule has 10 nitrogen and oxygen atoms in total. The molecule has 0 fully saturated rings. The van der Waals surface area contributed by atoms with Crippen molar-refractivity contribution in [2.75, 3.05) is 15.5 Å². The molecule has 0 saturated carbocycles. The van der Waals surface area contributed by atoms with Gasteiger partial charge in [0.1, 0.15) is 11.5 Å². The van der Waals surface area contributed by atoms with Gasteiger partial charge in [-0.1, -0.05) is 46.4 Å². The first-order valence-corrected chi connectivity index (χ1v) is 13.0. The fraction of sp³-hybridized carbons (Fsp3) is 0. The van der Waals surface area contributed by atoms with Crippen LogP contribution in [-0.2, 0) is 0 Å². The Morgan fingerprint density at radius 2 is 1.15 bits per heavy atom. The maximum Gasteiger partial charge on any atom is 0.271 e. The van der Waals surface area contributed by atoms with E-state index >= 15 is 0 Å². The highest BCUT2D eigenvalue weighted by molar-refractivity contribution is 6.35. The molecule has 0 aliphatic rings. The molecule has 15 heteroatoms. The van der Waals surface area contributed by atoms with Gasteiger partial charge in [0, 0.05) is 34.0 Å². The fourth-order valence-corrected chi connectivity index (χ4v) is 4.07. The van der Waals surface area contributed by atoms with Crippen molar-refractivity contribution in [1.82, 2.24) is 0 Å². The number of anilines is 3. The largest absolute Gasteiger partial charge is 0.507 e. The molecule has 0 bridgehead atoms. The molecular weight excluding hydrogens is 642 g/mol. The van der Waals surface area contributed by atoms with E-state index in [2.05, 4.69) is 15.5 Å². The SMILES string of the molecule is O=C(Nc1ccc(NCl)cc1Cl)c1cc(Cl)ccc1O.O=C(Nc1ccc([N+](=O)[O-])cc1Cl)c1cc(Cl)ccc1O. The van der Waals surface area contributed by atoms with Crippen LogP contribution < -0.4 is 15.5 Å². The third-order valence-electron chi connectivity index (χ3n) is 5.14. The van der Waals surface area contributed by atoms with Gasteiger partial charge in [0.25, 0.3) is 17.5 Å². The molecule has 0 aliphatic carbocycles. The topological polar surface area (TPSA) is 154 Å². The first-order chi connectivity index (χ1) is 19.4. The van der Waals surface area contributed by atoms with Crippen LogP contribution in [-0.4, -0.2) is 27.0 Å². The summed E-state index contributed by atoms with van der Waals surface area (Å²) < 4.78 is 0. The highest BCUT2D eigenvalue weighted by atomic mass is 35.5.